The summed E-state index contributed by atoms with van der Waals surface area (Å²) in [5.74, 6) is -1.61. The van der Waals surface area contributed by atoms with Crippen molar-refractivity contribution < 1.29 is 18.3 Å². The second-order valence-electron chi connectivity index (χ2n) is 5.78. The monoisotopic (exact) mass is 280 g/mol. The van der Waals surface area contributed by atoms with Crippen molar-refractivity contribution in [3.8, 4) is 0 Å². The number of rotatable bonds is 4. The molecule has 1 aliphatic carbocycles. The molecule has 1 fully saturated rings. The van der Waals surface area contributed by atoms with Crippen LogP contribution in [0.5, 0.6) is 0 Å². The Bertz CT molecular complexity index is 545. The highest BCUT2D eigenvalue weighted by Gasteiger charge is 2.61. The molecule has 0 aromatic heterocycles. The highest BCUT2D eigenvalue weighted by Crippen LogP contribution is 2.59. The fraction of sp³-hybridized carbons (Fsp3) is 0.438. The van der Waals surface area contributed by atoms with Gasteiger partial charge in [0.05, 0.1) is 11.7 Å². The topological polar surface area (TPSA) is 26.3 Å². The molecular weight excluding hydrogens is 262 g/mol. The van der Waals surface area contributed by atoms with Crippen molar-refractivity contribution in [1.82, 2.24) is 0 Å². The first-order chi connectivity index (χ1) is 9.34. The number of carbonyl (C=O) groups is 1. The van der Waals surface area contributed by atoms with E-state index >= 15 is 0 Å². The molecule has 4 heteroatoms. The zero-order valence-electron chi connectivity index (χ0n) is 11.8. The van der Waals surface area contributed by atoms with Crippen LogP contribution in [0.25, 0.3) is 0 Å². The lowest BCUT2D eigenvalue weighted by Crippen LogP contribution is -2.11. The van der Waals surface area contributed by atoms with Crippen molar-refractivity contribution in [2.45, 2.75) is 27.4 Å². The number of carbonyl (C=O) groups excluding carboxylic acids is 1. The molecule has 1 aromatic rings. The Hall–Kier alpha value is -1.71. The zero-order valence-corrected chi connectivity index (χ0v) is 11.8. The number of halogens is 2. The van der Waals surface area contributed by atoms with Gasteiger partial charge >= 0.3 is 5.97 Å². The molecule has 1 aliphatic rings. The quantitative estimate of drug-likeness (QED) is 0.779. The van der Waals surface area contributed by atoms with Crippen molar-refractivity contribution in [3.63, 3.8) is 0 Å². The summed E-state index contributed by atoms with van der Waals surface area (Å²) in [7, 11) is 0. The zero-order chi connectivity index (χ0) is 14.9. The highest BCUT2D eigenvalue weighted by atomic mass is 19.1. The van der Waals surface area contributed by atoms with E-state index in [0.29, 0.717) is 5.56 Å². The molecule has 0 spiro atoms. The number of benzene rings is 1. The van der Waals surface area contributed by atoms with Crippen molar-refractivity contribution >= 4 is 5.97 Å². The first-order valence-corrected chi connectivity index (χ1v) is 6.58. The van der Waals surface area contributed by atoms with Gasteiger partial charge in [-0.1, -0.05) is 32.0 Å². The van der Waals surface area contributed by atoms with Gasteiger partial charge in [0, 0.05) is 5.56 Å². The van der Waals surface area contributed by atoms with E-state index in [0.717, 1.165) is 0 Å². The minimum Gasteiger partial charge on any atom is -0.460 e. The lowest BCUT2D eigenvalue weighted by Gasteiger charge is -2.06. The Morgan fingerprint density at radius 3 is 2.65 bits per heavy atom. The third-order valence-electron chi connectivity index (χ3n) is 3.90. The highest BCUT2D eigenvalue weighted by molar-refractivity contribution is 5.78. The van der Waals surface area contributed by atoms with E-state index in [2.05, 4.69) is 0 Å². The van der Waals surface area contributed by atoms with Crippen molar-refractivity contribution in [2.24, 2.45) is 17.3 Å². The van der Waals surface area contributed by atoms with Crippen LogP contribution in [-0.2, 0) is 16.1 Å². The molecule has 2 atom stereocenters. The molecule has 1 aromatic carbocycles. The normalized spacial score (nSPS) is 24.4. The maximum absolute atomic E-state index is 13.4. The van der Waals surface area contributed by atoms with Crippen LogP contribution >= 0.6 is 0 Å². The van der Waals surface area contributed by atoms with Gasteiger partial charge in [-0.15, -0.1) is 0 Å². The Labute approximate surface area is 117 Å². The summed E-state index contributed by atoms with van der Waals surface area (Å²) in [6.45, 7) is 5.05. The van der Waals surface area contributed by atoms with Crippen molar-refractivity contribution in [1.29, 1.82) is 0 Å². The van der Waals surface area contributed by atoms with E-state index in [1.807, 2.05) is 13.8 Å². The van der Waals surface area contributed by atoms with E-state index in [9.17, 15) is 13.6 Å². The van der Waals surface area contributed by atoms with Crippen LogP contribution in [0.4, 0.5) is 8.78 Å². The molecule has 1 saturated carbocycles. The SMILES string of the molecule is C/C(F)=C\C1[C@@H](C(=O)OCc2ccccc2F)C1(C)C. The van der Waals surface area contributed by atoms with Gasteiger partial charge in [0.15, 0.2) is 0 Å². The minimum atomic E-state index is -0.402. The second-order valence-corrected chi connectivity index (χ2v) is 5.78. The van der Waals surface area contributed by atoms with E-state index in [1.165, 1.54) is 19.1 Å². The molecule has 0 bridgehead atoms. The van der Waals surface area contributed by atoms with Crippen LogP contribution in [0.1, 0.15) is 26.3 Å². The predicted octanol–water partition coefficient (Wildman–Crippen LogP) is 4.01. The number of allylic oxidation sites excluding steroid dienone is 2. The van der Waals surface area contributed by atoms with Gasteiger partial charge in [0.1, 0.15) is 12.4 Å². The third kappa shape index (κ3) is 2.89. The third-order valence-corrected chi connectivity index (χ3v) is 3.90. The van der Waals surface area contributed by atoms with Crippen LogP contribution in [0.15, 0.2) is 36.2 Å². The number of hydrogen-bond acceptors (Lipinski definition) is 2. The largest absolute Gasteiger partial charge is 0.460 e. The van der Waals surface area contributed by atoms with Crippen LogP contribution < -0.4 is 0 Å². The maximum atomic E-state index is 13.4. The summed E-state index contributed by atoms with van der Waals surface area (Å²) in [6, 6.07) is 6.16. The summed E-state index contributed by atoms with van der Waals surface area (Å²) < 4.78 is 31.5. The van der Waals surface area contributed by atoms with Crippen LogP contribution in [-0.4, -0.2) is 5.97 Å². The van der Waals surface area contributed by atoms with Gasteiger partial charge in [-0.05, 0) is 30.4 Å². The lowest BCUT2D eigenvalue weighted by molar-refractivity contribution is -0.147. The fourth-order valence-corrected chi connectivity index (χ4v) is 2.54. The predicted molar refractivity (Wildman–Crippen MR) is 71.8 cm³/mol. The molecule has 0 heterocycles. The standard InChI is InChI=1S/C16H18F2O2/c1-10(17)8-12-14(16(12,2)3)15(19)20-9-11-6-4-5-7-13(11)18/h4-8,12,14H,9H2,1-3H3/b10-8+/t12?,14-/m0/s1. The van der Waals surface area contributed by atoms with Crippen LogP contribution in [0, 0.1) is 23.1 Å². The van der Waals surface area contributed by atoms with E-state index < -0.39 is 11.8 Å². The van der Waals surface area contributed by atoms with Crippen molar-refractivity contribution in [2.75, 3.05) is 0 Å². The minimum absolute atomic E-state index is 0.0941. The molecule has 0 aliphatic heterocycles. The molecule has 0 N–H and O–H groups in total. The van der Waals surface area contributed by atoms with Gasteiger partial charge in [-0.2, -0.15) is 0 Å². The summed E-state index contributed by atoms with van der Waals surface area (Å²) in [4.78, 5) is 12.0. The van der Waals surface area contributed by atoms with Gasteiger partial charge in [-0.25, -0.2) is 8.78 Å². The smallest absolute Gasteiger partial charge is 0.310 e. The van der Waals surface area contributed by atoms with Crippen LogP contribution in [0.3, 0.4) is 0 Å². The van der Waals surface area contributed by atoms with Gasteiger partial charge in [-0.3, -0.25) is 4.79 Å². The average molecular weight is 280 g/mol. The first-order valence-electron chi connectivity index (χ1n) is 6.58. The molecule has 0 saturated heterocycles. The maximum Gasteiger partial charge on any atom is 0.310 e. The Morgan fingerprint density at radius 2 is 2.05 bits per heavy atom. The molecule has 2 rings (SSSR count). The molecule has 20 heavy (non-hydrogen) atoms. The summed E-state index contributed by atoms with van der Waals surface area (Å²) in [5.41, 5.74) is 0.0349. The number of hydrogen-bond donors (Lipinski definition) is 0. The molecule has 0 radical (unpaired) electrons. The Morgan fingerprint density at radius 1 is 1.40 bits per heavy atom. The first kappa shape index (κ1) is 14.7. The molecule has 0 amide bonds. The number of ether oxygens (including phenoxy) is 1. The van der Waals surface area contributed by atoms with Gasteiger partial charge < -0.3 is 4.74 Å². The second kappa shape index (κ2) is 5.35. The molecule has 2 nitrogen and oxygen atoms in total. The average Bonchev–Trinajstić information content (AvgIpc) is 2.88. The van der Waals surface area contributed by atoms with E-state index in [4.69, 9.17) is 4.74 Å². The molecular formula is C16H18F2O2. The molecule has 108 valence electrons. The summed E-state index contributed by atoms with van der Waals surface area (Å²) in [6.07, 6.45) is 1.45. The van der Waals surface area contributed by atoms with Gasteiger partial charge in [0.2, 0.25) is 0 Å². The van der Waals surface area contributed by atoms with E-state index in [-0.39, 0.29) is 29.7 Å². The van der Waals surface area contributed by atoms with E-state index in [1.54, 1.807) is 18.2 Å². The molecule has 1 unspecified atom stereocenters. The fourth-order valence-electron chi connectivity index (χ4n) is 2.54. The van der Waals surface area contributed by atoms with Crippen molar-refractivity contribution in [3.05, 3.63) is 47.5 Å². The summed E-state index contributed by atoms with van der Waals surface area (Å²) in [5, 5.41) is 0. The summed E-state index contributed by atoms with van der Waals surface area (Å²) >= 11 is 0. The Kier molecular flexibility index (Phi) is 3.93. The lowest BCUT2D eigenvalue weighted by atomic mass is 10.1. The number of esters is 1. The van der Waals surface area contributed by atoms with Crippen LogP contribution in [0.2, 0.25) is 0 Å². The Balaban J connectivity index is 1.97. The van der Waals surface area contributed by atoms with Gasteiger partial charge in [0.25, 0.3) is 0 Å².